The summed E-state index contributed by atoms with van der Waals surface area (Å²) in [6.45, 7) is 2.54. The number of ketones is 2. The molecule has 1 aliphatic carbocycles. The second-order valence-electron chi connectivity index (χ2n) is 8.06. The van der Waals surface area contributed by atoms with Gasteiger partial charge in [-0.1, -0.05) is 60.7 Å². The number of allylic oxidation sites excluding steroid dienone is 2. The van der Waals surface area contributed by atoms with Crippen LogP contribution in [0.5, 0.6) is 0 Å². The van der Waals surface area contributed by atoms with Gasteiger partial charge in [0.25, 0.3) is 5.91 Å². The predicted octanol–water partition coefficient (Wildman–Crippen LogP) is 3.53. The minimum absolute atomic E-state index is 0.0562. The van der Waals surface area contributed by atoms with E-state index in [1.54, 1.807) is 48.5 Å². The molecule has 0 spiro atoms. The summed E-state index contributed by atoms with van der Waals surface area (Å²) in [4.78, 5) is 44.0. The Hall–Kier alpha value is -4.19. The van der Waals surface area contributed by atoms with Crippen molar-refractivity contribution >= 4 is 23.2 Å². The number of nitrogens with zero attached hydrogens (tertiary/aromatic N) is 2. The first-order valence-corrected chi connectivity index (χ1v) is 11.0. The number of hydrogen-bond donors (Lipinski definition) is 1. The lowest BCUT2D eigenvalue weighted by Gasteiger charge is -2.39. The molecule has 1 N–H and O–H groups in total. The van der Waals surface area contributed by atoms with Gasteiger partial charge in [0, 0.05) is 48.6 Å². The third-order valence-corrected chi connectivity index (χ3v) is 6.09. The van der Waals surface area contributed by atoms with Crippen molar-refractivity contribution < 1.29 is 14.4 Å². The first kappa shape index (κ1) is 20.7. The Kier molecular flexibility index (Phi) is 5.48. The molecule has 5 rings (SSSR count). The SMILES string of the molecule is O=C(NC1=C(N2CCN(c3ccccc3)CC2)C(=O)c2ccccc2C1=O)c1ccccc1. The Morgan fingerprint density at radius 3 is 1.79 bits per heavy atom. The van der Waals surface area contributed by atoms with Crippen LogP contribution in [0.3, 0.4) is 0 Å². The molecule has 1 amide bonds. The zero-order valence-corrected chi connectivity index (χ0v) is 18.0. The molecule has 0 unspecified atom stereocenters. The van der Waals surface area contributed by atoms with Gasteiger partial charge in [0.05, 0.1) is 0 Å². The molecule has 164 valence electrons. The highest BCUT2D eigenvalue weighted by atomic mass is 16.2. The minimum atomic E-state index is -0.411. The summed E-state index contributed by atoms with van der Waals surface area (Å²) in [5, 5.41) is 2.76. The van der Waals surface area contributed by atoms with Crippen molar-refractivity contribution in [2.45, 2.75) is 0 Å². The Morgan fingerprint density at radius 2 is 1.15 bits per heavy atom. The lowest BCUT2D eigenvalue weighted by atomic mass is 9.89. The number of hydrogen-bond acceptors (Lipinski definition) is 5. The van der Waals surface area contributed by atoms with Crippen molar-refractivity contribution in [3.63, 3.8) is 0 Å². The molecule has 0 atom stereocenters. The molecule has 2 aliphatic rings. The zero-order chi connectivity index (χ0) is 22.8. The Labute approximate surface area is 192 Å². The summed E-state index contributed by atoms with van der Waals surface area (Å²) >= 11 is 0. The van der Waals surface area contributed by atoms with Gasteiger partial charge in [0.2, 0.25) is 11.6 Å². The summed E-state index contributed by atoms with van der Waals surface area (Å²) in [5.74, 6) is -0.983. The minimum Gasteiger partial charge on any atom is -0.368 e. The van der Waals surface area contributed by atoms with Crippen LogP contribution in [0.4, 0.5) is 5.69 Å². The van der Waals surface area contributed by atoms with Gasteiger partial charge in [-0.3, -0.25) is 14.4 Å². The smallest absolute Gasteiger partial charge is 0.255 e. The van der Waals surface area contributed by atoms with E-state index in [4.69, 9.17) is 0 Å². The highest BCUT2D eigenvalue weighted by molar-refractivity contribution is 6.27. The zero-order valence-electron chi connectivity index (χ0n) is 18.0. The van der Waals surface area contributed by atoms with E-state index in [0.29, 0.717) is 42.9 Å². The quantitative estimate of drug-likeness (QED) is 0.676. The average Bonchev–Trinajstić information content (AvgIpc) is 2.88. The third-order valence-electron chi connectivity index (χ3n) is 6.09. The van der Waals surface area contributed by atoms with Crippen LogP contribution in [-0.2, 0) is 0 Å². The van der Waals surface area contributed by atoms with E-state index in [-0.39, 0.29) is 23.0 Å². The number of para-hydroxylation sites is 1. The van der Waals surface area contributed by atoms with Gasteiger partial charge in [-0.2, -0.15) is 0 Å². The Morgan fingerprint density at radius 1 is 0.636 bits per heavy atom. The van der Waals surface area contributed by atoms with Crippen molar-refractivity contribution in [1.29, 1.82) is 0 Å². The van der Waals surface area contributed by atoms with Crippen LogP contribution in [-0.4, -0.2) is 48.6 Å². The molecular formula is C27H23N3O3. The maximum atomic E-state index is 13.5. The maximum Gasteiger partial charge on any atom is 0.255 e. The lowest BCUT2D eigenvalue weighted by molar-refractivity contribution is 0.0900. The van der Waals surface area contributed by atoms with E-state index in [9.17, 15) is 14.4 Å². The molecule has 6 heteroatoms. The number of amides is 1. The van der Waals surface area contributed by atoms with Crippen LogP contribution in [0.2, 0.25) is 0 Å². The van der Waals surface area contributed by atoms with E-state index in [2.05, 4.69) is 22.3 Å². The van der Waals surface area contributed by atoms with Crippen molar-refractivity contribution in [2.24, 2.45) is 0 Å². The molecule has 0 saturated carbocycles. The van der Waals surface area contributed by atoms with Crippen LogP contribution in [0.25, 0.3) is 0 Å². The molecular weight excluding hydrogens is 414 g/mol. The molecule has 3 aromatic carbocycles. The van der Waals surface area contributed by atoms with Crippen LogP contribution in [0.1, 0.15) is 31.1 Å². The van der Waals surface area contributed by atoms with Gasteiger partial charge in [-0.05, 0) is 24.3 Å². The molecule has 3 aromatic rings. The Bertz CT molecular complexity index is 1240. The topological polar surface area (TPSA) is 69.7 Å². The van der Waals surface area contributed by atoms with Gasteiger partial charge < -0.3 is 15.1 Å². The third kappa shape index (κ3) is 3.91. The predicted molar refractivity (Wildman–Crippen MR) is 126 cm³/mol. The normalized spacial score (nSPS) is 16.0. The summed E-state index contributed by atoms with van der Waals surface area (Å²) in [7, 11) is 0. The van der Waals surface area contributed by atoms with Gasteiger partial charge in [-0.15, -0.1) is 0 Å². The summed E-state index contributed by atoms with van der Waals surface area (Å²) in [5.41, 5.74) is 2.58. The van der Waals surface area contributed by atoms with E-state index in [1.807, 2.05) is 29.2 Å². The molecule has 1 fully saturated rings. The number of anilines is 1. The second-order valence-corrected chi connectivity index (χ2v) is 8.06. The molecule has 1 aliphatic heterocycles. The second kappa shape index (κ2) is 8.74. The first-order chi connectivity index (χ1) is 16.1. The van der Waals surface area contributed by atoms with Crippen LogP contribution in [0, 0.1) is 0 Å². The van der Waals surface area contributed by atoms with Crippen molar-refractivity contribution in [1.82, 2.24) is 10.2 Å². The Balaban J connectivity index is 1.48. The number of rotatable bonds is 4. The summed E-state index contributed by atoms with van der Waals surface area (Å²) in [6, 6.07) is 25.6. The number of piperazine rings is 1. The molecule has 0 aromatic heterocycles. The number of carbonyl (C=O) groups excluding carboxylic acids is 3. The highest BCUT2D eigenvalue weighted by Crippen LogP contribution is 2.29. The number of carbonyl (C=O) groups is 3. The largest absolute Gasteiger partial charge is 0.368 e. The first-order valence-electron chi connectivity index (χ1n) is 11.0. The van der Waals surface area contributed by atoms with E-state index >= 15 is 0 Å². The molecule has 1 saturated heterocycles. The van der Waals surface area contributed by atoms with Gasteiger partial charge in [-0.25, -0.2) is 0 Å². The summed E-state index contributed by atoms with van der Waals surface area (Å²) in [6.07, 6.45) is 0. The monoisotopic (exact) mass is 437 g/mol. The molecule has 6 nitrogen and oxygen atoms in total. The van der Waals surface area contributed by atoms with E-state index in [1.165, 1.54) is 0 Å². The van der Waals surface area contributed by atoms with Gasteiger partial charge in [0.1, 0.15) is 11.4 Å². The van der Waals surface area contributed by atoms with Crippen molar-refractivity contribution in [2.75, 3.05) is 31.1 Å². The molecule has 33 heavy (non-hydrogen) atoms. The van der Waals surface area contributed by atoms with Crippen LogP contribution in [0.15, 0.2) is 96.3 Å². The highest BCUT2D eigenvalue weighted by Gasteiger charge is 2.37. The van der Waals surface area contributed by atoms with Gasteiger partial charge in [0.15, 0.2) is 0 Å². The van der Waals surface area contributed by atoms with Gasteiger partial charge >= 0.3 is 0 Å². The van der Waals surface area contributed by atoms with E-state index < -0.39 is 5.91 Å². The van der Waals surface area contributed by atoms with E-state index in [0.717, 1.165) is 5.69 Å². The lowest BCUT2D eigenvalue weighted by Crippen LogP contribution is -2.49. The molecule has 0 bridgehead atoms. The maximum absolute atomic E-state index is 13.5. The summed E-state index contributed by atoms with van der Waals surface area (Å²) < 4.78 is 0. The number of Topliss-reactive ketones (excluding diaryl/α,β-unsaturated/α-hetero) is 2. The molecule has 0 radical (unpaired) electrons. The molecule has 1 heterocycles. The van der Waals surface area contributed by atoms with Crippen LogP contribution >= 0.6 is 0 Å². The van der Waals surface area contributed by atoms with Crippen molar-refractivity contribution in [3.8, 4) is 0 Å². The van der Waals surface area contributed by atoms with Crippen LogP contribution < -0.4 is 10.2 Å². The fourth-order valence-electron chi connectivity index (χ4n) is 4.38. The average molecular weight is 437 g/mol. The number of nitrogens with one attached hydrogen (secondary N) is 1. The number of benzene rings is 3. The standard InChI is InChI=1S/C27H23N3O3/c31-25-21-13-7-8-14-22(21)26(32)24(23(25)28-27(33)19-9-3-1-4-10-19)30-17-15-29(16-18-30)20-11-5-2-6-12-20/h1-14H,15-18H2,(H,28,33). The number of fused-ring (bicyclic) bond motifs is 1. The van der Waals surface area contributed by atoms with Crippen molar-refractivity contribution in [3.05, 3.63) is 113 Å². The fourth-order valence-corrected chi connectivity index (χ4v) is 4.38. The fraction of sp³-hybridized carbons (Fsp3) is 0.148.